The van der Waals surface area contributed by atoms with E-state index in [9.17, 15) is 23.4 Å². The van der Waals surface area contributed by atoms with Crippen LogP contribution in [0.25, 0.3) is 0 Å². The highest BCUT2D eigenvalue weighted by Crippen LogP contribution is 2.46. The second kappa shape index (κ2) is 11.2. The molecule has 1 heterocycles. The van der Waals surface area contributed by atoms with Gasteiger partial charge in [0.2, 0.25) is 0 Å². The van der Waals surface area contributed by atoms with Crippen LogP contribution in [0.2, 0.25) is 0 Å². The highest BCUT2D eigenvalue weighted by Gasteiger charge is 2.44. The monoisotopic (exact) mass is 563 g/mol. The molecule has 0 saturated heterocycles. The average Bonchev–Trinajstić information content (AvgIpc) is 2.81. The molecule has 0 spiro atoms. The maximum atomic E-state index is 13.3. The predicted molar refractivity (Wildman–Crippen MR) is 149 cm³/mol. The van der Waals surface area contributed by atoms with Crippen LogP contribution in [0.3, 0.4) is 0 Å². The number of cyclic esters (lactones) is 1. The summed E-state index contributed by atoms with van der Waals surface area (Å²) in [6.45, 7) is 11.6. The van der Waals surface area contributed by atoms with Gasteiger partial charge >= 0.3 is 16.3 Å². The lowest BCUT2D eigenvalue weighted by atomic mass is 9.80. The number of ether oxygens (including phenoxy) is 1. The van der Waals surface area contributed by atoms with Gasteiger partial charge in [-0.3, -0.25) is 0 Å². The van der Waals surface area contributed by atoms with Gasteiger partial charge in [-0.25, -0.2) is 4.79 Å². The molecule has 1 atom stereocenters. The minimum absolute atomic E-state index is 0.0266. The van der Waals surface area contributed by atoms with Crippen molar-refractivity contribution in [1.82, 2.24) is 4.72 Å². The maximum Gasteiger partial charge on any atom is 0.382 e. The van der Waals surface area contributed by atoms with Crippen molar-refractivity contribution >= 4 is 28.0 Å². The lowest BCUT2D eigenvalue weighted by molar-refractivity contribution is -0.164. The standard InChI is InChI=1S/C28H37NO7S2/c1-17(2)28(13-12-19-8-10-20(30)11-9-19)16-22(31)25(26(32)35-28)37-24-14-18(3)23(36-38(33,34)29-7)15-21(24)27(4,5)6/h8-11,14-15,17,29-31H,12-13,16H2,1-7H3. The number of aromatic hydroxyl groups is 1. The minimum Gasteiger partial charge on any atom is -0.511 e. The van der Waals surface area contributed by atoms with Crippen LogP contribution in [-0.4, -0.2) is 37.2 Å². The first-order valence-electron chi connectivity index (χ1n) is 12.5. The quantitative estimate of drug-likeness (QED) is 0.333. The average molecular weight is 564 g/mol. The molecule has 0 fully saturated rings. The number of carbonyl (C=O) groups is 1. The van der Waals surface area contributed by atoms with Gasteiger partial charge in [-0.2, -0.15) is 13.1 Å². The molecular weight excluding hydrogens is 526 g/mol. The van der Waals surface area contributed by atoms with E-state index in [-0.39, 0.29) is 34.5 Å². The summed E-state index contributed by atoms with van der Waals surface area (Å²) in [4.78, 5) is 14.1. The van der Waals surface area contributed by atoms with Crippen molar-refractivity contribution in [3.63, 3.8) is 0 Å². The summed E-state index contributed by atoms with van der Waals surface area (Å²) in [5.74, 6) is -0.289. The van der Waals surface area contributed by atoms with Crippen molar-refractivity contribution in [3.8, 4) is 11.5 Å². The normalized spacial score (nSPS) is 18.6. The Hall–Kier alpha value is -2.69. The molecule has 0 radical (unpaired) electrons. The smallest absolute Gasteiger partial charge is 0.382 e. The number of carbonyl (C=O) groups excluding carboxylic acids is 1. The Bertz CT molecular complexity index is 1330. The van der Waals surface area contributed by atoms with E-state index < -0.39 is 27.3 Å². The molecule has 38 heavy (non-hydrogen) atoms. The molecule has 0 aromatic heterocycles. The van der Waals surface area contributed by atoms with Gasteiger partial charge in [0.25, 0.3) is 0 Å². The number of phenolic OH excluding ortho intramolecular Hbond substituents is 1. The number of nitrogens with one attached hydrogen (secondary N) is 1. The van der Waals surface area contributed by atoms with E-state index in [1.165, 1.54) is 7.05 Å². The fraction of sp³-hybridized carbons (Fsp3) is 0.464. The number of hydrogen-bond donors (Lipinski definition) is 3. The topological polar surface area (TPSA) is 122 Å². The Labute approximate surface area is 229 Å². The van der Waals surface area contributed by atoms with Gasteiger partial charge in [0.15, 0.2) is 0 Å². The van der Waals surface area contributed by atoms with Crippen LogP contribution in [0, 0.1) is 12.8 Å². The lowest BCUT2D eigenvalue weighted by Gasteiger charge is -2.40. The Morgan fingerprint density at radius 3 is 2.32 bits per heavy atom. The molecule has 2 aromatic rings. The Morgan fingerprint density at radius 2 is 1.79 bits per heavy atom. The van der Waals surface area contributed by atoms with Gasteiger partial charge < -0.3 is 19.1 Å². The van der Waals surface area contributed by atoms with E-state index in [4.69, 9.17) is 8.92 Å². The maximum absolute atomic E-state index is 13.3. The molecule has 0 aliphatic carbocycles. The van der Waals surface area contributed by atoms with Gasteiger partial charge in [-0.15, -0.1) is 0 Å². The number of hydrogen-bond acceptors (Lipinski definition) is 8. The summed E-state index contributed by atoms with van der Waals surface area (Å²) in [6, 6.07) is 10.3. The van der Waals surface area contributed by atoms with Crippen LogP contribution in [-0.2, 0) is 31.7 Å². The summed E-state index contributed by atoms with van der Waals surface area (Å²) in [6.07, 6.45) is 1.32. The lowest BCUT2D eigenvalue weighted by Crippen LogP contribution is -2.44. The zero-order valence-electron chi connectivity index (χ0n) is 22.9. The van der Waals surface area contributed by atoms with Crippen molar-refractivity contribution in [2.75, 3.05) is 7.05 Å². The zero-order valence-corrected chi connectivity index (χ0v) is 24.5. The fourth-order valence-electron chi connectivity index (χ4n) is 4.31. The van der Waals surface area contributed by atoms with Crippen LogP contribution in [0.1, 0.15) is 64.2 Å². The number of phenols is 1. The van der Waals surface area contributed by atoms with Crippen LogP contribution < -0.4 is 8.91 Å². The summed E-state index contributed by atoms with van der Waals surface area (Å²) < 4.78 is 37.4. The van der Waals surface area contributed by atoms with E-state index >= 15 is 0 Å². The first kappa shape index (κ1) is 29.9. The second-order valence-electron chi connectivity index (χ2n) is 10.9. The number of aryl methyl sites for hydroxylation is 2. The third-order valence-corrected chi connectivity index (χ3v) is 8.85. The van der Waals surface area contributed by atoms with Gasteiger partial charge in [-0.1, -0.05) is 58.5 Å². The Morgan fingerprint density at radius 1 is 1.16 bits per heavy atom. The van der Waals surface area contributed by atoms with Gasteiger partial charge in [0.05, 0.1) is 0 Å². The van der Waals surface area contributed by atoms with E-state index in [0.29, 0.717) is 23.3 Å². The SMILES string of the molecule is CNS(=O)(=O)Oc1cc(C(C)(C)C)c(SC2=C(O)CC(CCc3ccc(O)cc3)(C(C)C)OC2=O)cc1C. The van der Waals surface area contributed by atoms with Gasteiger partial charge in [0.1, 0.15) is 27.8 Å². The van der Waals surface area contributed by atoms with E-state index in [0.717, 1.165) is 22.9 Å². The zero-order chi connectivity index (χ0) is 28.5. The molecule has 0 amide bonds. The number of esters is 1. The minimum atomic E-state index is -3.96. The summed E-state index contributed by atoms with van der Waals surface area (Å²) in [5.41, 5.74) is 1.03. The predicted octanol–water partition coefficient (Wildman–Crippen LogP) is 5.68. The number of rotatable bonds is 9. The van der Waals surface area contributed by atoms with Crippen LogP contribution >= 0.6 is 11.8 Å². The molecule has 208 valence electrons. The molecule has 0 bridgehead atoms. The highest BCUT2D eigenvalue weighted by atomic mass is 32.2. The van der Waals surface area contributed by atoms with Crippen LogP contribution in [0.4, 0.5) is 0 Å². The highest BCUT2D eigenvalue weighted by molar-refractivity contribution is 8.04. The molecule has 10 heteroatoms. The van der Waals surface area contributed by atoms with E-state index in [1.54, 1.807) is 31.2 Å². The molecular formula is C28H37NO7S2. The van der Waals surface area contributed by atoms with E-state index in [2.05, 4.69) is 4.72 Å². The molecule has 1 aliphatic rings. The number of benzene rings is 2. The summed E-state index contributed by atoms with van der Waals surface area (Å²) in [7, 11) is -2.69. The first-order chi connectivity index (χ1) is 17.6. The molecule has 2 aromatic carbocycles. The molecule has 1 aliphatic heterocycles. The summed E-state index contributed by atoms with van der Waals surface area (Å²) >= 11 is 1.12. The van der Waals surface area contributed by atoms with Gasteiger partial charge in [0, 0.05) is 18.4 Å². The molecule has 1 unspecified atom stereocenters. The number of aliphatic hydroxyl groups is 1. The van der Waals surface area contributed by atoms with E-state index in [1.807, 2.05) is 46.8 Å². The third kappa shape index (κ3) is 6.84. The third-order valence-electron chi connectivity index (χ3n) is 6.78. The summed E-state index contributed by atoms with van der Waals surface area (Å²) in [5, 5.41) is 20.7. The number of aliphatic hydroxyl groups excluding tert-OH is 1. The Kier molecular flexibility index (Phi) is 8.80. The Balaban J connectivity index is 1.94. The van der Waals surface area contributed by atoms with Crippen LogP contribution in [0.15, 0.2) is 52.0 Å². The molecule has 0 saturated carbocycles. The van der Waals surface area contributed by atoms with Gasteiger partial charge in [-0.05, 0) is 72.1 Å². The van der Waals surface area contributed by atoms with Crippen molar-refractivity contribution in [3.05, 3.63) is 63.8 Å². The van der Waals surface area contributed by atoms with Crippen molar-refractivity contribution in [2.45, 2.75) is 76.7 Å². The fourth-order valence-corrected chi connectivity index (χ4v) is 6.05. The van der Waals surface area contributed by atoms with Crippen molar-refractivity contribution < 1.29 is 32.3 Å². The number of thioether (sulfide) groups is 1. The van der Waals surface area contributed by atoms with Crippen LogP contribution in [0.5, 0.6) is 11.5 Å². The molecule has 8 nitrogen and oxygen atoms in total. The van der Waals surface area contributed by atoms with Crippen molar-refractivity contribution in [2.24, 2.45) is 5.92 Å². The second-order valence-corrected chi connectivity index (χ2v) is 13.5. The first-order valence-corrected chi connectivity index (χ1v) is 14.7. The molecule has 3 N–H and O–H groups in total. The van der Waals surface area contributed by atoms with Crippen molar-refractivity contribution in [1.29, 1.82) is 0 Å². The molecule has 3 rings (SSSR count). The largest absolute Gasteiger partial charge is 0.511 e.